The SMILES string of the molecule is CC1(C)C(=O)CC[C@]2(C)C3=CC(=O)CC[C@]3(C#Cc3ncc[nH]3)CCC12. The summed E-state index contributed by atoms with van der Waals surface area (Å²) in [5, 5.41) is 0. The number of hydrogen-bond acceptors (Lipinski definition) is 3. The first kappa shape index (κ1) is 17.3. The van der Waals surface area contributed by atoms with Crippen LogP contribution in [0.25, 0.3) is 0 Å². The number of carbonyl (C=O) groups is 2. The van der Waals surface area contributed by atoms with Crippen molar-refractivity contribution in [2.45, 2.75) is 59.3 Å². The van der Waals surface area contributed by atoms with E-state index in [0.29, 0.717) is 24.4 Å². The van der Waals surface area contributed by atoms with Crippen LogP contribution in [0.4, 0.5) is 0 Å². The number of aromatic amines is 1. The van der Waals surface area contributed by atoms with Crippen molar-refractivity contribution in [2.75, 3.05) is 0 Å². The van der Waals surface area contributed by atoms with Crippen molar-refractivity contribution in [1.82, 2.24) is 9.97 Å². The number of aromatic nitrogens is 2. The van der Waals surface area contributed by atoms with Gasteiger partial charge in [-0.3, -0.25) is 9.59 Å². The van der Waals surface area contributed by atoms with Gasteiger partial charge in [0.15, 0.2) is 11.6 Å². The Bertz CT molecular complexity index is 852. The molecule has 3 atom stereocenters. The molecule has 0 radical (unpaired) electrons. The van der Waals surface area contributed by atoms with E-state index in [9.17, 15) is 9.59 Å². The Morgan fingerprint density at radius 2 is 1.96 bits per heavy atom. The standard InChI is InChI=1S/C22H26N2O2/c1-20(2)16-5-10-22(11-7-19-23-12-13-24-19)9-4-15(25)14-17(22)21(16,3)8-6-18(20)26/h12-14,16H,4-6,8-10H2,1-3H3,(H,23,24)/t16?,21-,22+/m0/s1. The molecule has 1 aromatic heterocycles. The number of allylic oxidation sites excluding steroid dienone is 2. The van der Waals surface area contributed by atoms with E-state index in [1.165, 1.54) is 5.57 Å². The van der Waals surface area contributed by atoms with E-state index in [-0.39, 0.29) is 27.9 Å². The topological polar surface area (TPSA) is 62.8 Å². The Labute approximate surface area is 154 Å². The van der Waals surface area contributed by atoms with Crippen LogP contribution in [-0.4, -0.2) is 21.5 Å². The van der Waals surface area contributed by atoms with E-state index in [2.05, 4.69) is 42.6 Å². The molecule has 0 aliphatic heterocycles. The number of carbonyl (C=O) groups excluding carboxylic acids is 2. The highest BCUT2D eigenvalue weighted by Crippen LogP contribution is 2.64. The Kier molecular flexibility index (Phi) is 3.77. The summed E-state index contributed by atoms with van der Waals surface area (Å²) in [5.74, 6) is 8.21. The molecule has 3 aliphatic rings. The molecule has 3 aliphatic carbocycles. The molecular weight excluding hydrogens is 324 g/mol. The summed E-state index contributed by atoms with van der Waals surface area (Å²) < 4.78 is 0. The molecule has 0 amide bonds. The minimum atomic E-state index is -0.338. The van der Waals surface area contributed by atoms with Crippen molar-refractivity contribution in [2.24, 2.45) is 22.2 Å². The lowest BCUT2D eigenvalue weighted by Crippen LogP contribution is -2.54. The van der Waals surface area contributed by atoms with E-state index in [4.69, 9.17) is 0 Å². The molecule has 1 unspecified atom stereocenters. The van der Waals surface area contributed by atoms with Crippen LogP contribution in [-0.2, 0) is 9.59 Å². The summed E-state index contributed by atoms with van der Waals surface area (Å²) >= 11 is 0. The van der Waals surface area contributed by atoms with Gasteiger partial charge in [0.2, 0.25) is 0 Å². The van der Waals surface area contributed by atoms with Gasteiger partial charge >= 0.3 is 0 Å². The second kappa shape index (κ2) is 5.67. The van der Waals surface area contributed by atoms with E-state index < -0.39 is 0 Å². The smallest absolute Gasteiger partial charge is 0.182 e. The summed E-state index contributed by atoms with van der Waals surface area (Å²) in [6.07, 6.45) is 9.99. The van der Waals surface area contributed by atoms with E-state index >= 15 is 0 Å². The lowest BCUT2D eigenvalue weighted by Gasteiger charge is -2.59. The average molecular weight is 350 g/mol. The van der Waals surface area contributed by atoms with Crippen LogP contribution in [0.15, 0.2) is 24.0 Å². The van der Waals surface area contributed by atoms with Gasteiger partial charge in [-0.1, -0.05) is 26.7 Å². The fourth-order valence-electron chi connectivity index (χ4n) is 5.77. The van der Waals surface area contributed by atoms with Crippen LogP contribution in [0.2, 0.25) is 0 Å². The third-order valence-electron chi connectivity index (χ3n) is 7.24. The number of imidazole rings is 1. The summed E-state index contributed by atoms with van der Waals surface area (Å²) in [7, 11) is 0. The predicted molar refractivity (Wildman–Crippen MR) is 99.1 cm³/mol. The fourth-order valence-corrected chi connectivity index (χ4v) is 5.77. The Morgan fingerprint density at radius 3 is 2.69 bits per heavy atom. The first-order valence-corrected chi connectivity index (χ1v) is 9.59. The molecule has 26 heavy (non-hydrogen) atoms. The van der Waals surface area contributed by atoms with Gasteiger partial charge in [-0.2, -0.15) is 0 Å². The maximum atomic E-state index is 12.6. The van der Waals surface area contributed by atoms with Crippen molar-refractivity contribution in [3.8, 4) is 11.8 Å². The largest absolute Gasteiger partial charge is 0.338 e. The predicted octanol–water partition coefficient (Wildman–Crippen LogP) is 3.84. The minimum Gasteiger partial charge on any atom is -0.338 e. The normalized spacial score (nSPS) is 35.7. The second-order valence-corrected chi connectivity index (χ2v) is 8.95. The lowest BCUT2D eigenvalue weighted by atomic mass is 9.44. The van der Waals surface area contributed by atoms with Crippen LogP contribution < -0.4 is 0 Å². The number of hydrogen-bond donors (Lipinski definition) is 1. The maximum absolute atomic E-state index is 12.6. The minimum absolute atomic E-state index is 0.135. The van der Waals surface area contributed by atoms with E-state index in [1.54, 1.807) is 12.4 Å². The van der Waals surface area contributed by atoms with Gasteiger partial charge in [0.1, 0.15) is 5.78 Å². The van der Waals surface area contributed by atoms with Crippen molar-refractivity contribution < 1.29 is 9.59 Å². The summed E-state index contributed by atoms with van der Waals surface area (Å²) in [6, 6.07) is 0. The number of nitrogens with one attached hydrogen (secondary N) is 1. The first-order chi connectivity index (χ1) is 12.3. The monoisotopic (exact) mass is 350 g/mol. The van der Waals surface area contributed by atoms with Gasteiger partial charge in [0.05, 0.1) is 5.41 Å². The molecule has 1 heterocycles. The van der Waals surface area contributed by atoms with Gasteiger partial charge in [-0.25, -0.2) is 4.98 Å². The maximum Gasteiger partial charge on any atom is 0.182 e. The zero-order valence-corrected chi connectivity index (χ0v) is 15.8. The highest BCUT2D eigenvalue weighted by molar-refractivity contribution is 5.93. The molecule has 4 rings (SSSR count). The van der Waals surface area contributed by atoms with Crippen molar-refractivity contribution in [3.05, 3.63) is 29.9 Å². The number of rotatable bonds is 0. The molecule has 1 N–H and O–H groups in total. The van der Waals surface area contributed by atoms with Crippen LogP contribution in [0.5, 0.6) is 0 Å². The van der Waals surface area contributed by atoms with Crippen LogP contribution >= 0.6 is 0 Å². The highest BCUT2D eigenvalue weighted by Gasteiger charge is 2.59. The Balaban J connectivity index is 1.82. The highest BCUT2D eigenvalue weighted by atomic mass is 16.1. The Hall–Kier alpha value is -2.15. The molecule has 136 valence electrons. The van der Waals surface area contributed by atoms with E-state index in [0.717, 1.165) is 25.7 Å². The lowest BCUT2D eigenvalue weighted by molar-refractivity contribution is -0.141. The first-order valence-electron chi connectivity index (χ1n) is 9.59. The van der Waals surface area contributed by atoms with E-state index in [1.807, 2.05) is 6.08 Å². The van der Waals surface area contributed by atoms with Gasteiger partial charge in [0.25, 0.3) is 0 Å². The molecule has 0 aromatic carbocycles. The van der Waals surface area contributed by atoms with Crippen LogP contribution in [0.1, 0.15) is 65.1 Å². The molecule has 4 heteroatoms. The van der Waals surface area contributed by atoms with Crippen molar-refractivity contribution >= 4 is 11.6 Å². The molecule has 1 aromatic rings. The second-order valence-electron chi connectivity index (χ2n) is 8.95. The third-order valence-corrected chi connectivity index (χ3v) is 7.24. The number of Topliss-reactive ketones (excluding diaryl/α,β-unsaturated/α-hetero) is 1. The van der Waals surface area contributed by atoms with Crippen molar-refractivity contribution in [1.29, 1.82) is 0 Å². The van der Waals surface area contributed by atoms with Crippen molar-refractivity contribution in [3.63, 3.8) is 0 Å². The quantitative estimate of drug-likeness (QED) is 0.723. The third kappa shape index (κ3) is 2.40. The zero-order valence-electron chi connectivity index (χ0n) is 15.8. The zero-order chi connectivity index (χ0) is 18.6. The molecule has 0 saturated heterocycles. The number of ketones is 2. The number of H-pyrrole nitrogens is 1. The molecule has 0 bridgehead atoms. The van der Waals surface area contributed by atoms with Crippen LogP contribution in [0, 0.1) is 34.0 Å². The molecule has 4 nitrogen and oxygen atoms in total. The molecular formula is C22H26N2O2. The average Bonchev–Trinajstić information content (AvgIpc) is 3.12. The number of nitrogens with zero attached hydrogens (tertiary/aromatic N) is 1. The molecule has 2 fully saturated rings. The van der Waals surface area contributed by atoms with Gasteiger partial charge in [-0.15, -0.1) is 0 Å². The van der Waals surface area contributed by atoms with Crippen LogP contribution in [0.3, 0.4) is 0 Å². The Morgan fingerprint density at radius 1 is 1.15 bits per heavy atom. The van der Waals surface area contributed by atoms with Gasteiger partial charge in [0, 0.05) is 30.7 Å². The van der Waals surface area contributed by atoms with Gasteiger partial charge in [-0.05, 0) is 54.6 Å². The number of fused-ring (bicyclic) bond motifs is 3. The molecule has 2 saturated carbocycles. The van der Waals surface area contributed by atoms with Gasteiger partial charge < -0.3 is 4.98 Å². The summed E-state index contributed by atoms with van der Waals surface area (Å²) in [5.41, 5.74) is 0.443. The molecule has 0 spiro atoms. The summed E-state index contributed by atoms with van der Waals surface area (Å²) in [4.78, 5) is 32.2. The summed E-state index contributed by atoms with van der Waals surface area (Å²) in [6.45, 7) is 6.44. The fraction of sp³-hybridized carbons (Fsp3) is 0.591.